The third-order valence-electron chi connectivity index (χ3n) is 3.51. The molecule has 2 atom stereocenters. The summed E-state index contributed by atoms with van der Waals surface area (Å²) in [6.07, 6.45) is 2.72. The molecule has 3 nitrogen and oxygen atoms in total. The van der Waals surface area contributed by atoms with E-state index in [4.69, 9.17) is 9.47 Å². The molecule has 114 valence electrons. The number of carbonyl (C=O) groups is 1. The summed E-state index contributed by atoms with van der Waals surface area (Å²) in [5.41, 5.74) is 1.38. The Morgan fingerprint density at radius 3 is 2.71 bits per heavy atom. The van der Waals surface area contributed by atoms with Crippen molar-refractivity contribution in [2.24, 2.45) is 0 Å². The molecule has 1 aliphatic heterocycles. The Kier molecular flexibility index (Phi) is 4.78. The maximum Gasteiger partial charge on any atom is 0.309 e. The van der Waals surface area contributed by atoms with Crippen LogP contribution < -0.4 is 0 Å². The van der Waals surface area contributed by atoms with Crippen LogP contribution in [-0.2, 0) is 14.3 Å². The van der Waals surface area contributed by atoms with E-state index >= 15 is 0 Å². The van der Waals surface area contributed by atoms with Crippen LogP contribution in [0.25, 0.3) is 0 Å². The van der Waals surface area contributed by atoms with Crippen LogP contribution in [0.15, 0.2) is 35.9 Å². The molecule has 0 radical (unpaired) electrons. The Morgan fingerprint density at radius 2 is 2.10 bits per heavy atom. The van der Waals surface area contributed by atoms with Gasteiger partial charge in [-0.2, -0.15) is 0 Å². The largest absolute Gasteiger partial charge is 0.466 e. The van der Waals surface area contributed by atoms with E-state index in [0.29, 0.717) is 6.61 Å². The van der Waals surface area contributed by atoms with E-state index in [0.717, 1.165) is 17.6 Å². The third kappa shape index (κ3) is 4.14. The van der Waals surface area contributed by atoms with Crippen LogP contribution in [0.1, 0.15) is 45.3 Å². The number of halogens is 1. The molecule has 1 aromatic carbocycles. The summed E-state index contributed by atoms with van der Waals surface area (Å²) in [5.74, 6) is -0.542. The lowest BCUT2D eigenvalue weighted by Crippen LogP contribution is -2.35. The van der Waals surface area contributed by atoms with Crippen LogP contribution in [0.3, 0.4) is 0 Å². The van der Waals surface area contributed by atoms with Crippen molar-refractivity contribution in [1.82, 2.24) is 0 Å². The number of ether oxygens (including phenoxy) is 2. The van der Waals surface area contributed by atoms with Crippen LogP contribution in [0.4, 0.5) is 4.39 Å². The van der Waals surface area contributed by atoms with Crippen LogP contribution in [-0.4, -0.2) is 18.2 Å². The van der Waals surface area contributed by atoms with Crippen LogP contribution in [0, 0.1) is 5.82 Å². The summed E-state index contributed by atoms with van der Waals surface area (Å²) in [5, 5.41) is 0. The molecule has 21 heavy (non-hydrogen) atoms. The first-order valence-corrected chi connectivity index (χ1v) is 7.19. The second kappa shape index (κ2) is 6.39. The molecule has 0 fully saturated rings. The van der Waals surface area contributed by atoms with Gasteiger partial charge in [-0.3, -0.25) is 4.79 Å². The number of hydrogen-bond acceptors (Lipinski definition) is 3. The summed E-state index contributed by atoms with van der Waals surface area (Å²) >= 11 is 0. The first kappa shape index (κ1) is 15.7. The van der Waals surface area contributed by atoms with Crippen molar-refractivity contribution < 1.29 is 18.7 Å². The summed E-state index contributed by atoms with van der Waals surface area (Å²) in [4.78, 5) is 11.7. The fourth-order valence-electron chi connectivity index (χ4n) is 2.73. The number of hydrogen-bond donors (Lipinski definition) is 0. The molecular formula is C17H21FO3. The molecule has 0 unspecified atom stereocenters. The summed E-state index contributed by atoms with van der Waals surface area (Å²) in [7, 11) is 0. The summed E-state index contributed by atoms with van der Waals surface area (Å²) < 4.78 is 24.1. The predicted molar refractivity (Wildman–Crippen MR) is 78.3 cm³/mol. The van der Waals surface area contributed by atoms with Crippen LogP contribution in [0.2, 0.25) is 0 Å². The molecule has 1 aromatic rings. The van der Waals surface area contributed by atoms with Gasteiger partial charge in [0.1, 0.15) is 5.82 Å². The van der Waals surface area contributed by atoms with Gasteiger partial charge >= 0.3 is 5.97 Å². The second-order valence-electron chi connectivity index (χ2n) is 5.65. The summed E-state index contributed by atoms with van der Waals surface area (Å²) in [6.45, 7) is 6.04. The van der Waals surface area contributed by atoms with E-state index in [1.165, 1.54) is 12.1 Å². The van der Waals surface area contributed by atoms with Crippen molar-refractivity contribution in [3.8, 4) is 0 Å². The van der Waals surface area contributed by atoms with Gasteiger partial charge in [0.2, 0.25) is 0 Å². The molecule has 0 spiro atoms. The Bertz CT molecular complexity index is 535. The van der Waals surface area contributed by atoms with Gasteiger partial charge in [0.05, 0.1) is 24.7 Å². The van der Waals surface area contributed by atoms with Gasteiger partial charge in [-0.05, 0) is 44.9 Å². The van der Waals surface area contributed by atoms with Gasteiger partial charge in [-0.1, -0.05) is 23.8 Å². The number of esters is 1. The van der Waals surface area contributed by atoms with E-state index in [2.05, 4.69) is 0 Å². The highest BCUT2D eigenvalue weighted by molar-refractivity contribution is 5.71. The van der Waals surface area contributed by atoms with Crippen molar-refractivity contribution in [2.75, 3.05) is 6.61 Å². The normalized spacial score (nSPS) is 25.3. The molecule has 0 aliphatic carbocycles. The third-order valence-corrected chi connectivity index (χ3v) is 3.51. The molecule has 0 aromatic heterocycles. The lowest BCUT2D eigenvalue weighted by atomic mass is 9.90. The van der Waals surface area contributed by atoms with Gasteiger partial charge in [-0.25, -0.2) is 4.39 Å². The quantitative estimate of drug-likeness (QED) is 0.623. The minimum atomic E-state index is -0.687. The zero-order valence-electron chi connectivity index (χ0n) is 12.7. The maximum atomic E-state index is 13.0. The first-order chi connectivity index (χ1) is 9.92. The Labute approximate surface area is 124 Å². The second-order valence-corrected chi connectivity index (χ2v) is 5.65. The molecule has 2 rings (SSSR count). The van der Waals surface area contributed by atoms with Gasteiger partial charge in [-0.15, -0.1) is 0 Å². The lowest BCUT2D eigenvalue weighted by Gasteiger charge is -2.36. The highest BCUT2D eigenvalue weighted by atomic mass is 19.1. The fourth-order valence-corrected chi connectivity index (χ4v) is 2.73. The van der Waals surface area contributed by atoms with E-state index in [-0.39, 0.29) is 24.3 Å². The minimum absolute atomic E-state index is 0.171. The minimum Gasteiger partial charge on any atom is -0.466 e. The lowest BCUT2D eigenvalue weighted by molar-refractivity contribution is -0.151. The molecule has 0 N–H and O–H groups in total. The zero-order chi connectivity index (χ0) is 15.5. The number of benzene rings is 1. The standard InChI is InChI=1S/C17H21FO3/c1-4-20-16(19)11-17(3)10-12(2)9-15(21-17)13-5-7-14(18)8-6-13/h5-8,10,15H,4,9,11H2,1-3H3/t15-,17+/m1/s1. The molecular weight excluding hydrogens is 271 g/mol. The SMILES string of the molecule is CCOC(=O)C[C@]1(C)C=C(C)C[C@H](c2ccc(F)cc2)O1. The van der Waals surface area contributed by atoms with Gasteiger partial charge < -0.3 is 9.47 Å². The molecule has 1 aliphatic rings. The Morgan fingerprint density at radius 1 is 1.43 bits per heavy atom. The first-order valence-electron chi connectivity index (χ1n) is 7.19. The van der Waals surface area contributed by atoms with Crippen molar-refractivity contribution in [3.63, 3.8) is 0 Å². The molecule has 0 saturated carbocycles. The van der Waals surface area contributed by atoms with Gasteiger partial charge in [0.15, 0.2) is 0 Å². The van der Waals surface area contributed by atoms with Crippen molar-refractivity contribution >= 4 is 5.97 Å². The van der Waals surface area contributed by atoms with Crippen LogP contribution >= 0.6 is 0 Å². The molecule has 4 heteroatoms. The number of carbonyl (C=O) groups excluding carboxylic acids is 1. The smallest absolute Gasteiger partial charge is 0.309 e. The highest BCUT2D eigenvalue weighted by Crippen LogP contribution is 2.37. The molecule has 0 bridgehead atoms. The van der Waals surface area contributed by atoms with E-state index < -0.39 is 5.60 Å². The van der Waals surface area contributed by atoms with Crippen molar-refractivity contribution in [3.05, 3.63) is 47.3 Å². The van der Waals surface area contributed by atoms with E-state index in [9.17, 15) is 9.18 Å². The molecule has 0 amide bonds. The fraction of sp³-hybridized carbons (Fsp3) is 0.471. The zero-order valence-corrected chi connectivity index (χ0v) is 12.7. The molecule has 0 saturated heterocycles. The van der Waals surface area contributed by atoms with Gasteiger partial charge in [0, 0.05) is 0 Å². The summed E-state index contributed by atoms with van der Waals surface area (Å²) in [6, 6.07) is 6.30. The average molecular weight is 292 g/mol. The van der Waals surface area contributed by atoms with Gasteiger partial charge in [0.25, 0.3) is 0 Å². The van der Waals surface area contributed by atoms with E-state index in [1.54, 1.807) is 19.1 Å². The molecule has 1 heterocycles. The number of rotatable bonds is 4. The van der Waals surface area contributed by atoms with Crippen molar-refractivity contribution in [1.29, 1.82) is 0 Å². The highest BCUT2D eigenvalue weighted by Gasteiger charge is 2.34. The maximum absolute atomic E-state index is 13.0. The Hall–Kier alpha value is -1.68. The monoisotopic (exact) mass is 292 g/mol. The topological polar surface area (TPSA) is 35.5 Å². The average Bonchev–Trinajstić information content (AvgIpc) is 2.37. The predicted octanol–water partition coefficient (Wildman–Crippen LogP) is 3.95. The van der Waals surface area contributed by atoms with E-state index in [1.807, 2.05) is 19.9 Å². The van der Waals surface area contributed by atoms with Crippen molar-refractivity contribution in [2.45, 2.75) is 45.3 Å². The van der Waals surface area contributed by atoms with Crippen LogP contribution in [0.5, 0.6) is 0 Å². The Balaban J connectivity index is 2.16.